The van der Waals surface area contributed by atoms with Crippen molar-refractivity contribution in [1.82, 2.24) is 4.98 Å². The molecule has 0 N–H and O–H groups in total. The fourth-order valence-corrected chi connectivity index (χ4v) is 2.42. The van der Waals surface area contributed by atoms with Gasteiger partial charge in [0, 0.05) is 5.39 Å². The van der Waals surface area contributed by atoms with Crippen LogP contribution in [0.3, 0.4) is 0 Å². The summed E-state index contributed by atoms with van der Waals surface area (Å²) in [6.45, 7) is 2.17. The molecule has 0 saturated carbocycles. The Hall–Kier alpha value is -0.790. The molecule has 1 heterocycles. The maximum absolute atomic E-state index is 6.15. The van der Waals surface area contributed by atoms with Crippen LogP contribution < -0.4 is 0 Å². The number of unbranched alkanes of at least 4 members (excludes halogenated alkanes) is 1. The van der Waals surface area contributed by atoms with Gasteiger partial charge in [0.25, 0.3) is 0 Å². The average Bonchev–Trinajstić information content (AvgIpc) is 2.29. The smallest absolute Gasteiger partial charge is 0.138 e. The van der Waals surface area contributed by atoms with E-state index in [9.17, 15) is 0 Å². The highest BCUT2D eigenvalue weighted by Gasteiger charge is 2.10. The van der Waals surface area contributed by atoms with Gasteiger partial charge in [-0.05, 0) is 23.8 Å². The highest BCUT2D eigenvalue weighted by atomic mass is 35.5. The first-order valence-corrected chi connectivity index (χ1v) is 6.22. The third-order valence-electron chi connectivity index (χ3n) is 2.70. The van der Waals surface area contributed by atoms with Crippen LogP contribution in [-0.4, -0.2) is 4.98 Å². The van der Waals surface area contributed by atoms with Crippen LogP contribution in [0.1, 0.15) is 25.3 Å². The summed E-state index contributed by atoms with van der Waals surface area (Å²) in [7, 11) is 0. The van der Waals surface area contributed by atoms with E-state index in [4.69, 9.17) is 23.2 Å². The number of aromatic nitrogens is 1. The molecule has 3 heteroatoms. The number of hydrogen-bond donors (Lipinski definition) is 0. The molecule has 0 bridgehead atoms. The Morgan fingerprint density at radius 2 is 1.75 bits per heavy atom. The molecule has 2 aromatic rings. The van der Waals surface area contributed by atoms with Crippen molar-refractivity contribution in [3.63, 3.8) is 0 Å². The Kier molecular flexibility index (Phi) is 3.67. The molecule has 0 aliphatic carbocycles. The van der Waals surface area contributed by atoms with E-state index in [2.05, 4.69) is 18.0 Å². The van der Waals surface area contributed by atoms with Crippen LogP contribution in [0.2, 0.25) is 10.3 Å². The van der Waals surface area contributed by atoms with Crippen molar-refractivity contribution in [3.8, 4) is 0 Å². The Labute approximate surface area is 105 Å². The summed E-state index contributed by atoms with van der Waals surface area (Å²) in [4.78, 5) is 4.19. The van der Waals surface area contributed by atoms with Crippen LogP contribution in [0.4, 0.5) is 0 Å². The second kappa shape index (κ2) is 5.03. The molecule has 1 aromatic carbocycles. The largest absolute Gasteiger partial charge is 0.223 e. The fourth-order valence-electron chi connectivity index (χ4n) is 1.84. The van der Waals surface area contributed by atoms with E-state index in [0.717, 1.165) is 35.6 Å². The van der Waals surface area contributed by atoms with Crippen LogP contribution in [0.15, 0.2) is 24.3 Å². The van der Waals surface area contributed by atoms with Gasteiger partial charge < -0.3 is 0 Å². The van der Waals surface area contributed by atoms with Gasteiger partial charge in [0.2, 0.25) is 0 Å². The molecule has 2 rings (SSSR count). The van der Waals surface area contributed by atoms with E-state index < -0.39 is 0 Å². The third kappa shape index (κ3) is 2.16. The SMILES string of the molecule is CCCCc1c(Cl)nc(Cl)c2ccccc12. The number of benzene rings is 1. The molecule has 0 radical (unpaired) electrons. The molecule has 0 fully saturated rings. The molecular formula is C13H13Cl2N. The van der Waals surface area contributed by atoms with E-state index >= 15 is 0 Å². The molecule has 16 heavy (non-hydrogen) atoms. The molecule has 0 unspecified atom stereocenters. The summed E-state index contributed by atoms with van der Waals surface area (Å²) in [5.74, 6) is 0. The van der Waals surface area contributed by atoms with E-state index in [1.807, 2.05) is 18.2 Å². The van der Waals surface area contributed by atoms with Crippen molar-refractivity contribution in [2.45, 2.75) is 26.2 Å². The molecule has 0 saturated heterocycles. The molecule has 0 amide bonds. The molecule has 84 valence electrons. The minimum Gasteiger partial charge on any atom is -0.223 e. The third-order valence-corrected chi connectivity index (χ3v) is 3.30. The first-order valence-electron chi connectivity index (χ1n) is 5.46. The minimum atomic E-state index is 0.487. The minimum absolute atomic E-state index is 0.487. The number of pyridine rings is 1. The van der Waals surface area contributed by atoms with Crippen LogP contribution in [0.5, 0.6) is 0 Å². The van der Waals surface area contributed by atoms with Gasteiger partial charge in [0.1, 0.15) is 10.3 Å². The number of rotatable bonds is 3. The van der Waals surface area contributed by atoms with Gasteiger partial charge in [-0.1, -0.05) is 60.8 Å². The molecule has 0 aliphatic rings. The molecule has 0 spiro atoms. The first-order chi connectivity index (χ1) is 7.74. The number of fused-ring (bicyclic) bond motifs is 1. The second-order valence-electron chi connectivity index (χ2n) is 3.82. The van der Waals surface area contributed by atoms with Gasteiger partial charge in [0.15, 0.2) is 0 Å². The lowest BCUT2D eigenvalue weighted by atomic mass is 10.0. The predicted molar refractivity (Wildman–Crippen MR) is 70.4 cm³/mol. The Balaban J connectivity index is 2.61. The zero-order chi connectivity index (χ0) is 11.5. The normalized spacial score (nSPS) is 10.9. The fraction of sp³-hybridized carbons (Fsp3) is 0.308. The van der Waals surface area contributed by atoms with Gasteiger partial charge in [0.05, 0.1) is 0 Å². The van der Waals surface area contributed by atoms with Gasteiger partial charge in [-0.15, -0.1) is 0 Å². The zero-order valence-electron chi connectivity index (χ0n) is 9.13. The maximum Gasteiger partial charge on any atom is 0.138 e. The van der Waals surface area contributed by atoms with E-state index in [0.29, 0.717) is 10.3 Å². The van der Waals surface area contributed by atoms with Crippen LogP contribution in [0, 0.1) is 0 Å². The standard InChI is InChI=1S/C13H13Cl2N/c1-2-3-6-10-9-7-4-5-8-11(9)13(15)16-12(10)14/h4-5,7-8H,2-3,6H2,1H3. The summed E-state index contributed by atoms with van der Waals surface area (Å²) in [6.07, 6.45) is 3.22. The second-order valence-corrected chi connectivity index (χ2v) is 4.54. The molecule has 0 atom stereocenters. The molecule has 1 nitrogen and oxygen atoms in total. The lowest BCUT2D eigenvalue weighted by Crippen LogP contribution is -1.93. The van der Waals surface area contributed by atoms with E-state index in [1.54, 1.807) is 0 Å². The van der Waals surface area contributed by atoms with Crippen LogP contribution >= 0.6 is 23.2 Å². The Morgan fingerprint density at radius 3 is 2.44 bits per heavy atom. The van der Waals surface area contributed by atoms with Gasteiger partial charge in [-0.2, -0.15) is 0 Å². The van der Waals surface area contributed by atoms with Gasteiger partial charge in [-0.25, -0.2) is 4.98 Å². The summed E-state index contributed by atoms with van der Waals surface area (Å²) in [6, 6.07) is 8.01. The van der Waals surface area contributed by atoms with Crippen molar-refractivity contribution in [3.05, 3.63) is 40.1 Å². The number of aryl methyl sites for hydroxylation is 1. The molecule has 0 aliphatic heterocycles. The lowest BCUT2D eigenvalue weighted by molar-refractivity contribution is 0.796. The first kappa shape index (κ1) is 11.7. The summed E-state index contributed by atoms with van der Waals surface area (Å²) in [5.41, 5.74) is 1.11. The number of hydrogen-bond acceptors (Lipinski definition) is 1. The van der Waals surface area contributed by atoms with Crippen LogP contribution in [-0.2, 0) is 6.42 Å². The van der Waals surface area contributed by atoms with Crippen molar-refractivity contribution >= 4 is 34.0 Å². The predicted octanol–water partition coefficient (Wildman–Crippen LogP) is 4.88. The highest BCUT2D eigenvalue weighted by Crippen LogP contribution is 2.30. The highest BCUT2D eigenvalue weighted by molar-refractivity contribution is 6.37. The number of halogens is 2. The van der Waals surface area contributed by atoms with Crippen LogP contribution in [0.25, 0.3) is 10.8 Å². The van der Waals surface area contributed by atoms with Crippen molar-refractivity contribution in [1.29, 1.82) is 0 Å². The Bertz CT molecular complexity index is 509. The van der Waals surface area contributed by atoms with Crippen molar-refractivity contribution in [2.24, 2.45) is 0 Å². The number of nitrogens with zero attached hydrogens (tertiary/aromatic N) is 1. The van der Waals surface area contributed by atoms with Crippen molar-refractivity contribution in [2.75, 3.05) is 0 Å². The summed E-state index contributed by atoms with van der Waals surface area (Å²) < 4.78 is 0. The van der Waals surface area contributed by atoms with E-state index in [-0.39, 0.29) is 0 Å². The van der Waals surface area contributed by atoms with Gasteiger partial charge >= 0.3 is 0 Å². The monoisotopic (exact) mass is 253 g/mol. The molecular weight excluding hydrogens is 241 g/mol. The topological polar surface area (TPSA) is 12.9 Å². The zero-order valence-corrected chi connectivity index (χ0v) is 10.6. The van der Waals surface area contributed by atoms with Crippen molar-refractivity contribution < 1.29 is 0 Å². The summed E-state index contributed by atoms with van der Waals surface area (Å²) in [5, 5.41) is 3.14. The summed E-state index contributed by atoms with van der Waals surface area (Å²) >= 11 is 12.2. The van der Waals surface area contributed by atoms with Gasteiger partial charge in [-0.3, -0.25) is 0 Å². The average molecular weight is 254 g/mol. The molecule has 1 aromatic heterocycles. The quantitative estimate of drug-likeness (QED) is 0.711. The lowest BCUT2D eigenvalue weighted by Gasteiger charge is -2.09. The maximum atomic E-state index is 6.15. The van der Waals surface area contributed by atoms with E-state index in [1.165, 1.54) is 0 Å². The Morgan fingerprint density at radius 1 is 1.06 bits per heavy atom.